The average Bonchev–Trinajstić information content (AvgIpc) is 2.38. The molecular weight excluding hydrogens is 280 g/mol. The zero-order valence-electron chi connectivity index (χ0n) is 9.32. The van der Waals surface area contributed by atoms with Crippen LogP contribution in [0.3, 0.4) is 0 Å². The van der Waals surface area contributed by atoms with Gasteiger partial charge in [-0.3, -0.25) is 0 Å². The highest BCUT2D eigenvalue weighted by atomic mass is 79.9. The fraction of sp³-hybridized carbons (Fsp3) is 0.308. The molecule has 0 saturated heterocycles. The van der Waals surface area contributed by atoms with Crippen molar-refractivity contribution in [2.75, 3.05) is 11.9 Å². The minimum absolute atomic E-state index is 0.225. The average molecular weight is 293 g/mol. The molecular formula is C13H13BrN2O. The third kappa shape index (κ3) is 3.24. The number of allylic oxidation sites excluding steroid dienone is 1. The molecule has 1 atom stereocenters. The number of ether oxygens (including phenoxy) is 1. The number of nitrogens with one attached hydrogen (secondary N) is 1. The smallest absolute Gasteiger partial charge is 0.115 e. The van der Waals surface area contributed by atoms with E-state index in [1.165, 1.54) is 0 Å². The fourth-order valence-electron chi connectivity index (χ4n) is 1.69. The summed E-state index contributed by atoms with van der Waals surface area (Å²) in [6.07, 6.45) is 6.14. The largest absolute Gasteiger partial charge is 0.497 e. The van der Waals surface area contributed by atoms with Crippen molar-refractivity contribution in [3.05, 3.63) is 40.6 Å². The van der Waals surface area contributed by atoms with Crippen molar-refractivity contribution in [3.63, 3.8) is 0 Å². The van der Waals surface area contributed by atoms with E-state index in [0.717, 1.165) is 29.5 Å². The maximum absolute atomic E-state index is 8.77. The molecule has 0 amide bonds. The van der Waals surface area contributed by atoms with Crippen molar-refractivity contribution < 1.29 is 4.74 Å². The maximum Gasteiger partial charge on any atom is 0.115 e. The van der Waals surface area contributed by atoms with Gasteiger partial charge >= 0.3 is 0 Å². The third-order valence-electron chi connectivity index (χ3n) is 2.64. The first-order valence-corrected chi connectivity index (χ1v) is 6.33. The van der Waals surface area contributed by atoms with Gasteiger partial charge in [0.05, 0.1) is 24.4 Å². The number of benzene rings is 1. The van der Waals surface area contributed by atoms with E-state index in [1.807, 2.05) is 18.2 Å². The second-order valence-electron chi connectivity index (χ2n) is 3.89. The van der Waals surface area contributed by atoms with Crippen molar-refractivity contribution >= 4 is 21.6 Å². The number of rotatable bonds is 3. The highest BCUT2D eigenvalue weighted by Crippen LogP contribution is 2.24. The van der Waals surface area contributed by atoms with Gasteiger partial charge in [-0.15, -0.1) is 0 Å². The highest BCUT2D eigenvalue weighted by Gasteiger charge is 2.11. The quantitative estimate of drug-likeness (QED) is 0.928. The van der Waals surface area contributed by atoms with Crippen LogP contribution < -0.4 is 5.32 Å². The van der Waals surface area contributed by atoms with Crippen LogP contribution in [0.4, 0.5) is 5.69 Å². The predicted molar refractivity (Wildman–Crippen MR) is 70.6 cm³/mol. The summed E-state index contributed by atoms with van der Waals surface area (Å²) >= 11 is 3.44. The van der Waals surface area contributed by atoms with Gasteiger partial charge in [0.2, 0.25) is 0 Å². The molecule has 1 N–H and O–H groups in total. The van der Waals surface area contributed by atoms with Gasteiger partial charge in [0.1, 0.15) is 6.10 Å². The lowest BCUT2D eigenvalue weighted by Crippen LogP contribution is -2.23. The molecule has 0 spiro atoms. The summed E-state index contributed by atoms with van der Waals surface area (Å²) in [6.45, 7) is 0.773. The van der Waals surface area contributed by atoms with Crippen molar-refractivity contribution in [2.24, 2.45) is 0 Å². The summed E-state index contributed by atoms with van der Waals surface area (Å²) in [5.41, 5.74) is 1.64. The lowest BCUT2D eigenvalue weighted by atomic mass is 10.1. The van der Waals surface area contributed by atoms with Crippen LogP contribution in [0.2, 0.25) is 0 Å². The molecule has 1 aromatic carbocycles. The second-order valence-corrected chi connectivity index (χ2v) is 4.75. The molecule has 4 heteroatoms. The standard InChI is InChI=1S/C13H13BrN2O/c14-12-7-10(8-15)4-5-13(12)16-9-11-3-1-2-6-17-11/h2,4-7,11,16H,1,3,9H2. The minimum Gasteiger partial charge on any atom is -0.497 e. The molecule has 17 heavy (non-hydrogen) atoms. The summed E-state index contributed by atoms with van der Waals surface area (Å²) in [6, 6.07) is 7.62. The van der Waals surface area contributed by atoms with Gasteiger partial charge < -0.3 is 10.1 Å². The molecule has 0 fully saturated rings. The summed E-state index contributed by atoms with van der Waals surface area (Å²) in [7, 11) is 0. The van der Waals surface area contributed by atoms with Crippen molar-refractivity contribution in [2.45, 2.75) is 18.9 Å². The topological polar surface area (TPSA) is 45.0 Å². The van der Waals surface area contributed by atoms with E-state index < -0.39 is 0 Å². The molecule has 0 aromatic heterocycles. The first-order valence-electron chi connectivity index (χ1n) is 5.53. The van der Waals surface area contributed by atoms with E-state index >= 15 is 0 Å². The second kappa shape index (κ2) is 5.74. The number of hydrogen-bond acceptors (Lipinski definition) is 3. The molecule has 1 aromatic rings. The predicted octanol–water partition coefficient (Wildman–Crippen LogP) is 3.43. The van der Waals surface area contributed by atoms with E-state index in [-0.39, 0.29) is 6.10 Å². The zero-order valence-corrected chi connectivity index (χ0v) is 10.9. The van der Waals surface area contributed by atoms with Crippen LogP contribution in [0.1, 0.15) is 18.4 Å². The van der Waals surface area contributed by atoms with E-state index in [4.69, 9.17) is 10.00 Å². The Labute approximate surface area is 109 Å². The Morgan fingerprint density at radius 3 is 3.06 bits per heavy atom. The molecule has 1 heterocycles. The van der Waals surface area contributed by atoms with E-state index in [2.05, 4.69) is 27.3 Å². The van der Waals surface area contributed by atoms with Gasteiger partial charge in [-0.05, 0) is 53.0 Å². The summed E-state index contributed by atoms with van der Waals surface area (Å²) in [5, 5.41) is 12.1. The van der Waals surface area contributed by atoms with Gasteiger partial charge in [0, 0.05) is 10.2 Å². The normalized spacial score (nSPS) is 18.2. The Morgan fingerprint density at radius 2 is 2.41 bits per heavy atom. The maximum atomic E-state index is 8.77. The number of nitriles is 1. The van der Waals surface area contributed by atoms with E-state index in [1.54, 1.807) is 12.3 Å². The lowest BCUT2D eigenvalue weighted by molar-refractivity contribution is 0.135. The van der Waals surface area contributed by atoms with Gasteiger partial charge in [-0.2, -0.15) is 5.26 Å². The molecule has 1 unspecified atom stereocenters. The van der Waals surface area contributed by atoms with Crippen molar-refractivity contribution in [3.8, 4) is 6.07 Å². The molecule has 2 rings (SSSR count). The van der Waals surface area contributed by atoms with Gasteiger partial charge in [0.25, 0.3) is 0 Å². The van der Waals surface area contributed by atoms with Crippen LogP contribution in [0.25, 0.3) is 0 Å². The Hall–Kier alpha value is -1.47. The first-order chi connectivity index (χ1) is 8.29. The number of anilines is 1. The van der Waals surface area contributed by atoms with E-state index in [9.17, 15) is 0 Å². The number of hydrogen-bond donors (Lipinski definition) is 1. The molecule has 1 aliphatic rings. The number of nitrogens with zero attached hydrogens (tertiary/aromatic N) is 1. The van der Waals surface area contributed by atoms with Crippen LogP contribution in [0, 0.1) is 11.3 Å². The van der Waals surface area contributed by atoms with Crippen LogP contribution >= 0.6 is 15.9 Å². The van der Waals surface area contributed by atoms with Crippen LogP contribution in [-0.4, -0.2) is 12.6 Å². The van der Waals surface area contributed by atoms with Gasteiger partial charge in [-0.25, -0.2) is 0 Å². The molecule has 0 radical (unpaired) electrons. The van der Waals surface area contributed by atoms with Crippen LogP contribution in [-0.2, 0) is 4.74 Å². The third-order valence-corrected chi connectivity index (χ3v) is 3.30. The highest BCUT2D eigenvalue weighted by molar-refractivity contribution is 9.10. The van der Waals surface area contributed by atoms with Gasteiger partial charge in [0.15, 0.2) is 0 Å². The van der Waals surface area contributed by atoms with Gasteiger partial charge in [-0.1, -0.05) is 0 Å². The summed E-state index contributed by atoms with van der Waals surface area (Å²) in [5.74, 6) is 0. The number of halogens is 1. The molecule has 3 nitrogen and oxygen atoms in total. The van der Waals surface area contributed by atoms with Crippen LogP contribution in [0.15, 0.2) is 35.0 Å². The fourth-order valence-corrected chi connectivity index (χ4v) is 2.21. The van der Waals surface area contributed by atoms with E-state index in [0.29, 0.717) is 5.56 Å². The Bertz CT molecular complexity index is 465. The molecule has 88 valence electrons. The van der Waals surface area contributed by atoms with Crippen molar-refractivity contribution in [1.29, 1.82) is 5.26 Å². The molecule has 0 bridgehead atoms. The Kier molecular flexibility index (Phi) is 4.05. The monoisotopic (exact) mass is 292 g/mol. The van der Waals surface area contributed by atoms with Crippen LogP contribution in [0.5, 0.6) is 0 Å². The summed E-state index contributed by atoms with van der Waals surface area (Å²) < 4.78 is 6.38. The SMILES string of the molecule is N#Cc1ccc(NCC2CCC=CO2)c(Br)c1. The summed E-state index contributed by atoms with van der Waals surface area (Å²) in [4.78, 5) is 0. The Balaban J connectivity index is 1.95. The molecule has 1 aliphatic heterocycles. The zero-order chi connectivity index (χ0) is 12.1. The Morgan fingerprint density at radius 1 is 1.53 bits per heavy atom. The molecule has 0 aliphatic carbocycles. The van der Waals surface area contributed by atoms with Crippen molar-refractivity contribution in [1.82, 2.24) is 0 Å². The minimum atomic E-state index is 0.225. The first kappa shape index (κ1) is 12.0. The molecule has 0 saturated carbocycles. The lowest BCUT2D eigenvalue weighted by Gasteiger charge is -2.20.